The topological polar surface area (TPSA) is 83.9 Å². The number of ketones is 1. The predicted molar refractivity (Wildman–Crippen MR) is 120 cm³/mol. The van der Waals surface area contributed by atoms with Crippen molar-refractivity contribution >= 4 is 39.9 Å². The summed E-state index contributed by atoms with van der Waals surface area (Å²) in [7, 11) is 0. The first-order valence-corrected chi connectivity index (χ1v) is 10.3. The third kappa shape index (κ3) is 3.20. The number of hydrogen-bond donors (Lipinski definition) is 1. The number of fused-ring (bicyclic) bond motifs is 1. The number of rotatable bonds is 4. The number of halogens is 1. The van der Waals surface area contributed by atoms with Gasteiger partial charge in [-0.1, -0.05) is 23.7 Å². The molecule has 3 heterocycles. The second kappa shape index (κ2) is 7.43. The number of amides is 1. The number of furan rings is 2. The van der Waals surface area contributed by atoms with Gasteiger partial charge >= 0.3 is 0 Å². The SMILES string of the molecule is Cc1cccc(N2C(=O)C(O)=C(C(=O)c3cc4cc(Cl)ccc4o3)C2c2ccc(C)o2)c1. The van der Waals surface area contributed by atoms with Crippen molar-refractivity contribution in [1.82, 2.24) is 0 Å². The van der Waals surface area contributed by atoms with Crippen molar-refractivity contribution in [3.63, 3.8) is 0 Å². The van der Waals surface area contributed by atoms with Crippen LogP contribution in [0.5, 0.6) is 0 Å². The molecule has 1 amide bonds. The molecule has 1 aliphatic heterocycles. The number of aryl methyl sites for hydroxylation is 2. The smallest absolute Gasteiger partial charge is 0.294 e. The van der Waals surface area contributed by atoms with Gasteiger partial charge in [-0.2, -0.15) is 0 Å². The molecule has 1 aliphatic rings. The molecule has 0 saturated heterocycles. The third-order valence-electron chi connectivity index (χ3n) is 5.47. The van der Waals surface area contributed by atoms with Crippen LogP contribution in [0.25, 0.3) is 11.0 Å². The van der Waals surface area contributed by atoms with Gasteiger partial charge in [-0.05, 0) is 67.9 Å². The Balaban J connectivity index is 1.66. The molecule has 32 heavy (non-hydrogen) atoms. The van der Waals surface area contributed by atoms with Crippen molar-refractivity contribution in [1.29, 1.82) is 0 Å². The molecule has 5 rings (SSSR count). The minimum absolute atomic E-state index is 0.00372. The maximum atomic E-state index is 13.5. The molecule has 0 aliphatic carbocycles. The van der Waals surface area contributed by atoms with Gasteiger partial charge in [0.05, 0.1) is 5.57 Å². The van der Waals surface area contributed by atoms with Crippen molar-refractivity contribution in [3.8, 4) is 0 Å². The van der Waals surface area contributed by atoms with E-state index in [2.05, 4.69) is 0 Å². The zero-order valence-electron chi connectivity index (χ0n) is 17.3. The van der Waals surface area contributed by atoms with E-state index in [-0.39, 0.29) is 11.3 Å². The number of benzene rings is 2. The van der Waals surface area contributed by atoms with Crippen LogP contribution < -0.4 is 4.90 Å². The molecule has 0 saturated carbocycles. The Kier molecular flexibility index (Phi) is 4.68. The van der Waals surface area contributed by atoms with Gasteiger partial charge in [-0.25, -0.2) is 0 Å². The Hall–Kier alpha value is -3.77. The Labute approximate surface area is 188 Å². The first-order valence-electron chi connectivity index (χ1n) is 9.97. The molecule has 6 nitrogen and oxygen atoms in total. The van der Waals surface area contributed by atoms with Gasteiger partial charge in [0.15, 0.2) is 11.5 Å². The predicted octanol–water partition coefficient (Wildman–Crippen LogP) is 6.08. The first kappa shape index (κ1) is 20.2. The standard InChI is InChI=1S/C25H18ClNO5/c1-13-4-3-5-17(10-13)27-22(19-8-6-14(2)31-19)21(24(29)25(27)30)23(28)20-12-15-11-16(26)7-9-18(15)32-20/h3-12,22,29H,1-2H3. The van der Waals surface area contributed by atoms with Gasteiger partial charge in [-0.15, -0.1) is 0 Å². The highest BCUT2D eigenvalue weighted by Gasteiger charge is 2.46. The summed E-state index contributed by atoms with van der Waals surface area (Å²) in [6.07, 6.45) is 0. The van der Waals surface area contributed by atoms with Crippen molar-refractivity contribution in [2.75, 3.05) is 4.90 Å². The highest BCUT2D eigenvalue weighted by Crippen LogP contribution is 2.43. The molecule has 160 valence electrons. The normalized spacial score (nSPS) is 16.4. The maximum Gasteiger partial charge on any atom is 0.294 e. The van der Waals surface area contributed by atoms with Crippen LogP contribution in [0.3, 0.4) is 0 Å². The summed E-state index contributed by atoms with van der Waals surface area (Å²) < 4.78 is 11.5. The van der Waals surface area contributed by atoms with E-state index in [4.69, 9.17) is 20.4 Å². The first-order chi connectivity index (χ1) is 15.3. The van der Waals surface area contributed by atoms with E-state index >= 15 is 0 Å². The molecule has 0 radical (unpaired) electrons. The summed E-state index contributed by atoms with van der Waals surface area (Å²) in [4.78, 5) is 28.0. The summed E-state index contributed by atoms with van der Waals surface area (Å²) in [6.45, 7) is 3.67. The van der Waals surface area contributed by atoms with Gasteiger partial charge in [-0.3, -0.25) is 14.5 Å². The summed E-state index contributed by atoms with van der Waals surface area (Å²) >= 11 is 6.04. The number of hydrogen-bond acceptors (Lipinski definition) is 5. The zero-order chi connectivity index (χ0) is 22.6. The summed E-state index contributed by atoms with van der Waals surface area (Å²) in [5, 5.41) is 12.0. The van der Waals surface area contributed by atoms with Gasteiger partial charge < -0.3 is 13.9 Å². The molecule has 4 aromatic rings. The molecule has 1 unspecified atom stereocenters. The number of carbonyl (C=O) groups excluding carboxylic acids is 2. The van der Waals surface area contributed by atoms with Crippen molar-refractivity contribution in [2.24, 2.45) is 0 Å². The molecule has 0 fully saturated rings. The van der Waals surface area contributed by atoms with E-state index in [0.717, 1.165) is 5.56 Å². The fourth-order valence-corrected chi connectivity index (χ4v) is 4.19. The van der Waals surface area contributed by atoms with E-state index in [1.807, 2.05) is 25.1 Å². The Morgan fingerprint density at radius 3 is 2.56 bits per heavy atom. The summed E-state index contributed by atoms with van der Waals surface area (Å²) in [5.74, 6) is -0.934. The van der Waals surface area contributed by atoms with E-state index in [0.29, 0.717) is 33.2 Å². The van der Waals surface area contributed by atoms with E-state index in [1.54, 1.807) is 49.4 Å². The molecular formula is C25H18ClNO5. The van der Waals surface area contributed by atoms with Crippen LogP contribution in [-0.2, 0) is 4.79 Å². The van der Waals surface area contributed by atoms with Crippen LogP contribution in [0.4, 0.5) is 5.69 Å². The van der Waals surface area contributed by atoms with Crippen molar-refractivity contribution < 1.29 is 23.5 Å². The van der Waals surface area contributed by atoms with Gasteiger partial charge in [0.25, 0.3) is 5.91 Å². The van der Waals surface area contributed by atoms with Crippen molar-refractivity contribution in [3.05, 3.63) is 99.9 Å². The van der Waals surface area contributed by atoms with Crippen LogP contribution in [0.1, 0.15) is 33.7 Å². The number of anilines is 1. The molecule has 2 aromatic heterocycles. The monoisotopic (exact) mass is 447 g/mol. The average molecular weight is 448 g/mol. The lowest BCUT2D eigenvalue weighted by molar-refractivity contribution is -0.117. The molecule has 1 atom stereocenters. The summed E-state index contributed by atoms with van der Waals surface area (Å²) in [6, 6.07) is 16.3. The lowest BCUT2D eigenvalue weighted by Gasteiger charge is -2.25. The fraction of sp³-hybridized carbons (Fsp3) is 0.120. The Morgan fingerprint density at radius 2 is 1.84 bits per heavy atom. The maximum absolute atomic E-state index is 13.5. The van der Waals surface area contributed by atoms with Gasteiger partial charge in [0.2, 0.25) is 5.78 Å². The summed E-state index contributed by atoms with van der Waals surface area (Å²) in [5.41, 5.74) is 1.84. The second-order valence-electron chi connectivity index (χ2n) is 7.75. The van der Waals surface area contributed by atoms with Crippen LogP contribution in [0.15, 0.2) is 80.8 Å². The largest absolute Gasteiger partial charge is 0.503 e. The Bertz CT molecular complexity index is 1430. The quantitative estimate of drug-likeness (QED) is 0.383. The minimum atomic E-state index is -0.942. The average Bonchev–Trinajstić information content (AvgIpc) is 3.44. The minimum Gasteiger partial charge on any atom is -0.503 e. The van der Waals surface area contributed by atoms with Gasteiger partial charge in [0, 0.05) is 16.1 Å². The molecule has 0 bridgehead atoms. The molecule has 2 aromatic carbocycles. The molecule has 1 N–H and O–H groups in total. The van der Waals surface area contributed by atoms with E-state index < -0.39 is 23.5 Å². The third-order valence-corrected chi connectivity index (χ3v) is 5.70. The van der Waals surface area contributed by atoms with Crippen LogP contribution in [0.2, 0.25) is 5.02 Å². The lowest BCUT2D eigenvalue weighted by Crippen LogP contribution is -2.30. The highest BCUT2D eigenvalue weighted by atomic mass is 35.5. The highest BCUT2D eigenvalue weighted by molar-refractivity contribution is 6.31. The number of Topliss-reactive ketones (excluding diaryl/α,β-unsaturated/α-hetero) is 1. The van der Waals surface area contributed by atoms with E-state index in [1.165, 1.54) is 4.90 Å². The number of aliphatic hydroxyl groups is 1. The van der Waals surface area contributed by atoms with Crippen LogP contribution in [-0.4, -0.2) is 16.8 Å². The van der Waals surface area contributed by atoms with Crippen molar-refractivity contribution in [2.45, 2.75) is 19.9 Å². The van der Waals surface area contributed by atoms with E-state index in [9.17, 15) is 14.7 Å². The number of aliphatic hydroxyl groups excluding tert-OH is 1. The molecular weight excluding hydrogens is 430 g/mol. The molecule has 0 spiro atoms. The molecule has 7 heteroatoms. The fourth-order valence-electron chi connectivity index (χ4n) is 4.01. The van der Waals surface area contributed by atoms with Crippen LogP contribution in [0, 0.1) is 13.8 Å². The number of carbonyl (C=O) groups is 2. The van der Waals surface area contributed by atoms with Crippen LogP contribution >= 0.6 is 11.6 Å². The number of nitrogens with zero attached hydrogens (tertiary/aromatic N) is 1. The second-order valence-corrected chi connectivity index (χ2v) is 8.19. The zero-order valence-corrected chi connectivity index (χ0v) is 18.0. The Morgan fingerprint density at radius 1 is 1.03 bits per heavy atom. The lowest BCUT2D eigenvalue weighted by atomic mass is 9.99. The van der Waals surface area contributed by atoms with Gasteiger partial charge in [0.1, 0.15) is 23.1 Å².